The first kappa shape index (κ1) is 8.95. The topological polar surface area (TPSA) is 72.2 Å². The van der Waals surface area contributed by atoms with Crippen LogP contribution >= 0.6 is 0 Å². The molecule has 0 saturated heterocycles. The minimum absolute atomic E-state index is 0.235. The lowest BCUT2D eigenvalue weighted by molar-refractivity contribution is 0.602. The van der Waals surface area contributed by atoms with E-state index in [2.05, 4.69) is 5.14 Å². The molecule has 0 heterocycles. The minimum atomic E-state index is -3.76. The normalized spacial score (nSPS) is 11.2. The van der Waals surface area contributed by atoms with E-state index in [1.54, 1.807) is 0 Å². The molecule has 0 atom stereocenters. The molecule has 66 valence electrons. The van der Waals surface area contributed by atoms with Crippen LogP contribution in [0.25, 0.3) is 0 Å². The second-order valence-corrected chi connectivity index (χ2v) is 3.45. The Labute approximate surface area is 69.4 Å². The van der Waals surface area contributed by atoms with Gasteiger partial charge in [0, 0.05) is 5.69 Å². The maximum absolute atomic E-state index is 12.3. The highest BCUT2D eigenvalue weighted by molar-refractivity contribution is 7.90. The predicted octanol–water partition coefficient (Wildman–Crippen LogP) is 0.441. The molecule has 0 unspecified atom stereocenters. The first-order valence-electron chi connectivity index (χ1n) is 3.03. The van der Waals surface area contributed by atoms with Crippen molar-refractivity contribution in [2.45, 2.75) is 0 Å². The minimum Gasteiger partial charge on any atom is -0.271 e. The fraction of sp³-hybridized carbons (Fsp3) is 0. The Morgan fingerprint density at radius 2 is 1.75 bits per heavy atom. The van der Waals surface area contributed by atoms with E-state index in [-0.39, 0.29) is 5.69 Å². The van der Waals surface area contributed by atoms with Crippen molar-refractivity contribution in [2.75, 3.05) is 4.72 Å². The van der Waals surface area contributed by atoms with E-state index in [4.69, 9.17) is 0 Å². The molecular formula is C6H7FN2O2S. The van der Waals surface area contributed by atoms with Crippen molar-refractivity contribution in [3.63, 3.8) is 0 Å². The summed E-state index contributed by atoms with van der Waals surface area (Å²) in [4.78, 5) is 0. The molecule has 0 aliphatic rings. The number of hydrogen-bond acceptors (Lipinski definition) is 2. The van der Waals surface area contributed by atoms with Gasteiger partial charge in [0.2, 0.25) is 0 Å². The Morgan fingerprint density at radius 1 is 1.25 bits per heavy atom. The summed E-state index contributed by atoms with van der Waals surface area (Å²) in [7, 11) is -3.76. The third-order valence-electron chi connectivity index (χ3n) is 1.10. The average molecular weight is 190 g/mol. The van der Waals surface area contributed by atoms with Gasteiger partial charge < -0.3 is 0 Å². The summed E-state index contributed by atoms with van der Waals surface area (Å²) >= 11 is 0. The lowest BCUT2D eigenvalue weighted by Gasteiger charge is -2.01. The Balaban J connectivity index is 2.85. The van der Waals surface area contributed by atoms with E-state index >= 15 is 0 Å². The molecule has 1 aromatic rings. The molecule has 0 saturated carbocycles. The van der Waals surface area contributed by atoms with Crippen molar-refractivity contribution in [3.8, 4) is 0 Å². The molecule has 0 aromatic heterocycles. The average Bonchev–Trinajstić information content (AvgIpc) is 1.91. The summed E-state index contributed by atoms with van der Waals surface area (Å²) < 4.78 is 35.2. The molecule has 0 aliphatic carbocycles. The first-order chi connectivity index (χ1) is 5.47. The number of anilines is 1. The fourth-order valence-electron chi connectivity index (χ4n) is 0.682. The van der Waals surface area contributed by atoms with Gasteiger partial charge in [0.25, 0.3) is 10.2 Å². The van der Waals surface area contributed by atoms with Gasteiger partial charge in [-0.25, -0.2) is 9.53 Å². The number of hydrogen-bond donors (Lipinski definition) is 2. The summed E-state index contributed by atoms with van der Waals surface area (Å²) in [6, 6.07) is 4.82. The lowest BCUT2D eigenvalue weighted by Crippen LogP contribution is -2.21. The highest BCUT2D eigenvalue weighted by Gasteiger charge is 2.00. The van der Waals surface area contributed by atoms with Crippen LogP contribution in [0.5, 0.6) is 0 Å². The van der Waals surface area contributed by atoms with E-state index < -0.39 is 16.0 Å². The number of benzene rings is 1. The zero-order chi connectivity index (χ0) is 9.19. The third kappa shape index (κ3) is 2.85. The zero-order valence-electron chi connectivity index (χ0n) is 5.99. The Hall–Kier alpha value is -1.14. The molecule has 1 aromatic carbocycles. The van der Waals surface area contributed by atoms with E-state index in [0.717, 1.165) is 12.1 Å². The number of halogens is 1. The highest BCUT2D eigenvalue weighted by atomic mass is 32.2. The van der Waals surface area contributed by atoms with Gasteiger partial charge in [0.05, 0.1) is 0 Å². The van der Waals surface area contributed by atoms with Gasteiger partial charge in [0.15, 0.2) is 0 Å². The molecule has 0 bridgehead atoms. The SMILES string of the molecule is NS(=O)(=O)Nc1ccc(F)cc1. The molecule has 6 heteroatoms. The molecule has 1 rings (SSSR count). The van der Waals surface area contributed by atoms with E-state index in [9.17, 15) is 12.8 Å². The third-order valence-corrected chi connectivity index (χ3v) is 1.62. The molecule has 0 amide bonds. The van der Waals surface area contributed by atoms with Crippen LogP contribution < -0.4 is 9.86 Å². The largest absolute Gasteiger partial charge is 0.296 e. The van der Waals surface area contributed by atoms with Crippen LogP contribution in [0.3, 0.4) is 0 Å². The van der Waals surface area contributed by atoms with Gasteiger partial charge in [-0.05, 0) is 24.3 Å². The summed E-state index contributed by atoms with van der Waals surface area (Å²) in [5.74, 6) is -0.435. The first-order valence-corrected chi connectivity index (χ1v) is 4.58. The van der Waals surface area contributed by atoms with Crippen LogP contribution in [0.15, 0.2) is 24.3 Å². The summed E-state index contributed by atoms with van der Waals surface area (Å²) in [5, 5.41) is 4.67. The van der Waals surface area contributed by atoms with Crippen molar-refractivity contribution in [1.82, 2.24) is 0 Å². The lowest BCUT2D eigenvalue weighted by atomic mass is 10.3. The van der Waals surface area contributed by atoms with Crippen molar-refractivity contribution < 1.29 is 12.8 Å². The van der Waals surface area contributed by atoms with Crippen molar-refractivity contribution in [3.05, 3.63) is 30.1 Å². The monoisotopic (exact) mass is 190 g/mol. The fourth-order valence-corrected chi connectivity index (χ4v) is 1.15. The molecule has 0 radical (unpaired) electrons. The Kier molecular flexibility index (Phi) is 2.30. The van der Waals surface area contributed by atoms with Crippen LogP contribution in [0.2, 0.25) is 0 Å². The van der Waals surface area contributed by atoms with Crippen LogP contribution in [-0.4, -0.2) is 8.42 Å². The second-order valence-electron chi connectivity index (χ2n) is 2.15. The Morgan fingerprint density at radius 3 is 2.17 bits per heavy atom. The zero-order valence-corrected chi connectivity index (χ0v) is 6.81. The summed E-state index contributed by atoms with van der Waals surface area (Å²) in [6.45, 7) is 0. The molecular weight excluding hydrogens is 183 g/mol. The van der Waals surface area contributed by atoms with Crippen LogP contribution in [-0.2, 0) is 10.2 Å². The molecule has 12 heavy (non-hydrogen) atoms. The highest BCUT2D eigenvalue weighted by Crippen LogP contribution is 2.08. The Bertz CT molecular complexity index is 360. The number of rotatable bonds is 2. The van der Waals surface area contributed by atoms with E-state index in [1.165, 1.54) is 12.1 Å². The molecule has 4 nitrogen and oxygen atoms in total. The van der Waals surface area contributed by atoms with Crippen LogP contribution in [0.1, 0.15) is 0 Å². The van der Waals surface area contributed by atoms with Gasteiger partial charge in [-0.3, -0.25) is 4.72 Å². The van der Waals surface area contributed by atoms with Gasteiger partial charge in [0.1, 0.15) is 5.82 Å². The van der Waals surface area contributed by atoms with Gasteiger partial charge >= 0.3 is 0 Å². The van der Waals surface area contributed by atoms with Crippen LogP contribution in [0.4, 0.5) is 10.1 Å². The van der Waals surface area contributed by atoms with Crippen molar-refractivity contribution >= 4 is 15.9 Å². The van der Waals surface area contributed by atoms with Crippen molar-refractivity contribution in [2.24, 2.45) is 5.14 Å². The second kappa shape index (κ2) is 3.08. The van der Waals surface area contributed by atoms with Crippen molar-refractivity contribution in [1.29, 1.82) is 0 Å². The maximum atomic E-state index is 12.3. The maximum Gasteiger partial charge on any atom is 0.296 e. The predicted molar refractivity (Wildman–Crippen MR) is 43.1 cm³/mol. The molecule has 0 spiro atoms. The van der Waals surface area contributed by atoms with E-state index in [1.807, 2.05) is 4.72 Å². The molecule has 0 aliphatic heterocycles. The van der Waals surface area contributed by atoms with Gasteiger partial charge in [-0.1, -0.05) is 0 Å². The smallest absolute Gasteiger partial charge is 0.271 e. The van der Waals surface area contributed by atoms with Crippen LogP contribution in [0, 0.1) is 5.82 Å². The standard InChI is InChI=1S/C6H7FN2O2S/c7-5-1-3-6(4-2-5)9-12(8,10)11/h1-4,9H,(H2,8,10,11). The molecule has 3 N–H and O–H groups in total. The summed E-state index contributed by atoms with van der Waals surface area (Å²) in [5.41, 5.74) is 0.235. The number of nitrogens with one attached hydrogen (secondary N) is 1. The van der Waals surface area contributed by atoms with Gasteiger partial charge in [-0.2, -0.15) is 8.42 Å². The van der Waals surface area contributed by atoms with Gasteiger partial charge in [-0.15, -0.1) is 0 Å². The van der Waals surface area contributed by atoms with E-state index in [0.29, 0.717) is 0 Å². The molecule has 0 fully saturated rings. The quantitative estimate of drug-likeness (QED) is 0.710. The summed E-state index contributed by atoms with van der Waals surface area (Å²) in [6.07, 6.45) is 0. The number of nitrogens with two attached hydrogens (primary N) is 1.